The van der Waals surface area contributed by atoms with Gasteiger partial charge in [-0.25, -0.2) is 4.79 Å². The smallest absolute Gasteiger partial charge is 0.381 e. The number of amides is 1. The Labute approximate surface area is 124 Å². The fraction of sp³-hybridized carbons (Fsp3) is 0.545. The summed E-state index contributed by atoms with van der Waals surface area (Å²) in [6.45, 7) is 0.196. The Morgan fingerprint density at radius 1 is 1.62 bits per heavy atom. The van der Waals surface area contributed by atoms with Crippen LogP contribution in [0.3, 0.4) is 0 Å². The molecule has 0 saturated carbocycles. The molecular weight excluding hydrogens is 300 g/mol. The lowest BCUT2D eigenvalue weighted by Crippen LogP contribution is -2.41. The number of aliphatic carboxylic acids is 1. The summed E-state index contributed by atoms with van der Waals surface area (Å²) in [4.78, 5) is 36.1. The Morgan fingerprint density at radius 2 is 2.33 bits per heavy atom. The zero-order valence-corrected chi connectivity index (χ0v) is 12.2. The van der Waals surface area contributed by atoms with Crippen LogP contribution in [0.2, 0.25) is 0 Å². The molecule has 2 N–H and O–H groups in total. The largest absolute Gasteiger partial charge is 0.480 e. The Morgan fingerprint density at radius 3 is 2.86 bits per heavy atom. The number of aryl methyl sites for hydroxylation is 1. The monoisotopic (exact) mass is 316 g/mol. The number of imidazole rings is 1. The highest BCUT2D eigenvalue weighted by Crippen LogP contribution is 2.06. The van der Waals surface area contributed by atoms with Crippen LogP contribution in [-0.4, -0.2) is 49.5 Å². The minimum atomic E-state index is -1.07. The first-order valence-electron chi connectivity index (χ1n) is 6.11. The molecule has 0 saturated heterocycles. The molecule has 0 aliphatic carbocycles. The number of rotatable bonds is 9. The van der Waals surface area contributed by atoms with Crippen molar-refractivity contribution in [1.29, 1.82) is 0 Å². The highest BCUT2D eigenvalue weighted by atomic mass is 32.2. The van der Waals surface area contributed by atoms with Gasteiger partial charge >= 0.3 is 11.8 Å². The maximum absolute atomic E-state index is 11.7. The van der Waals surface area contributed by atoms with E-state index in [-0.39, 0.29) is 18.8 Å². The molecule has 1 heterocycles. The normalized spacial score (nSPS) is 11.9. The predicted octanol–water partition coefficient (Wildman–Crippen LogP) is 0.504. The Bertz CT molecular complexity index is 518. The first-order valence-corrected chi connectivity index (χ1v) is 7.50. The van der Waals surface area contributed by atoms with Gasteiger partial charge in [-0.2, -0.15) is 11.8 Å². The van der Waals surface area contributed by atoms with E-state index in [0.717, 1.165) is 0 Å². The molecule has 1 atom stereocenters. The molecule has 1 aromatic heterocycles. The third-order valence-corrected chi connectivity index (χ3v) is 3.29. The first-order chi connectivity index (χ1) is 9.93. The Hall–Kier alpha value is -2.10. The molecule has 0 bridgehead atoms. The number of carboxylic acids is 1. The molecule has 0 aliphatic rings. The van der Waals surface area contributed by atoms with Crippen molar-refractivity contribution in [2.45, 2.75) is 25.4 Å². The SMILES string of the molecule is CSCCC(NC(=O)CCn1cnc([N+](=O)[O-])c1)C(=O)O. The van der Waals surface area contributed by atoms with Crippen LogP contribution in [0, 0.1) is 10.1 Å². The Kier molecular flexibility index (Phi) is 6.66. The molecule has 0 aliphatic heterocycles. The summed E-state index contributed by atoms with van der Waals surface area (Å²) in [7, 11) is 0. The third kappa shape index (κ3) is 5.81. The van der Waals surface area contributed by atoms with Crippen molar-refractivity contribution in [3.05, 3.63) is 22.6 Å². The van der Waals surface area contributed by atoms with Crippen LogP contribution in [-0.2, 0) is 16.1 Å². The van der Waals surface area contributed by atoms with E-state index in [2.05, 4.69) is 10.3 Å². The topological polar surface area (TPSA) is 127 Å². The molecule has 0 spiro atoms. The van der Waals surface area contributed by atoms with Crippen LogP contribution in [0.4, 0.5) is 5.82 Å². The van der Waals surface area contributed by atoms with E-state index < -0.39 is 22.8 Å². The number of nitrogens with zero attached hydrogens (tertiary/aromatic N) is 3. The second-order valence-electron chi connectivity index (χ2n) is 4.22. The van der Waals surface area contributed by atoms with Crippen molar-refractivity contribution in [1.82, 2.24) is 14.9 Å². The van der Waals surface area contributed by atoms with Gasteiger partial charge in [0.05, 0.1) is 0 Å². The lowest BCUT2D eigenvalue weighted by atomic mass is 10.2. The maximum Gasteiger partial charge on any atom is 0.381 e. The molecular formula is C11H16N4O5S. The van der Waals surface area contributed by atoms with Crippen LogP contribution >= 0.6 is 11.8 Å². The highest BCUT2D eigenvalue weighted by molar-refractivity contribution is 7.98. The van der Waals surface area contributed by atoms with Crippen molar-refractivity contribution in [2.75, 3.05) is 12.0 Å². The summed E-state index contributed by atoms with van der Waals surface area (Å²) in [5, 5.41) is 21.9. The number of nitro groups is 1. The lowest BCUT2D eigenvalue weighted by Gasteiger charge is -2.13. The highest BCUT2D eigenvalue weighted by Gasteiger charge is 2.19. The molecule has 0 aromatic carbocycles. The zero-order valence-electron chi connectivity index (χ0n) is 11.4. The van der Waals surface area contributed by atoms with Gasteiger partial charge in [-0.1, -0.05) is 0 Å². The van der Waals surface area contributed by atoms with Crippen LogP contribution in [0.5, 0.6) is 0 Å². The predicted molar refractivity (Wildman–Crippen MR) is 76.1 cm³/mol. The van der Waals surface area contributed by atoms with Crippen LogP contribution < -0.4 is 5.32 Å². The van der Waals surface area contributed by atoms with E-state index in [1.807, 2.05) is 6.26 Å². The van der Waals surface area contributed by atoms with Crippen molar-refractivity contribution < 1.29 is 19.6 Å². The van der Waals surface area contributed by atoms with E-state index in [1.165, 1.54) is 28.9 Å². The summed E-state index contributed by atoms with van der Waals surface area (Å²) < 4.78 is 1.41. The molecule has 0 fully saturated rings. The molecule has 116 valence electrons. The molecule has 9 nitrogen and oxygen atoms in total. The average molecular weight is 316 g/mol. The molecule has 1 aromatic rings. The second kappa shape index (κ2) is 8.25. The minimum absolute atomic E-state index is 0.0244. The second-order valence-corrected chi connectivity index (χ2v) is 5.20. The summed E-state index contributed by atoms with van der Waals surface area (Å²) in [6, 6.07) is -0.915. The number of hydrogen-bond donors (Lipinski definition) is 2. The van der Waals surface area contributed by atoms with Crippen molar-refractivity contribution in [2.24, 2.45) is 0 Å². The van der Waals surface area contributed by atoms with Gasteiger partial charge < -0.3 is 25.1 Å². The van der Waals surface area contributed by atoms with Crippen LogP contribution in [0.1, 0.15) is 12.8 Å². The first kappa shape index (κ1) is 17.0. The third-order valence-electron chi connectivity index (χ3n) is 2.65. The van der Waals surface area contributed by atoms with Crippen molar-refractivity contribution >= 4 is 29.5 Å². The quantitative estimate of drug-likeness (QED) is 0.501. The van der Waals surface area contributed by atoms with Gasteiger partial charge in [-0.05, 0) is 28.3 Å². The number of carbonyl (C=O) groups excluding carboxylic acids is 1. The summed E-state index contributed by atoms with van der Waals surface area (Å²) in [5.41, 5.74) is 0. The van der Waals surface area contributed by atoms with Gasteiger partial charge in [-0.3, -0.25) is 4.79 Å². The average Bonchev–Trinajstić information content (AvgIpc) is 2.90. The van der Waals surface area contributed by atoms with E-state index in [1.54, 1.807) is 0 Å². The molecule has 10 heteroatoms. The fourth-order valence-electron chi connectivity index (χ4n) is 1.56. The van der Waals surface area contributed by atoms with Gasteiger partial charge in [0.25, 0.3) is 0 Å². The number of nitrogens with one attached hydrogen (secondary N) is 1. The molecule has 21 heavy (non-hydrogen) atoms. The number of hydrogen-bond acceptors (Lipinski definition) is 6. The van der Waals surface area contributed by atoms with E-state index in [0.29, 0.717) is 12.2 Å². The number of thioether (sulfide) groups is 1. The molecule has 1 amide bonds. The molecule has 1 rings (SSSR count). The van der Waals surface area contributed by atoms with Crippen molar-refractivity contribution in [3.8, 4) is 0 Å². The van der Waals surface area contributed by atoms with Crippen LogP contribution in [0.25, 0.3) is 0 Å². The number of carboxylic acid groups (broad SMARTS) is 1. The van der Waals surface area contributed by atoms with E-state index in [9.17, 15) is 19.7 Å². The van der Waals surface area contributed by atoms with Gasteiger partial charge in [0, 0.05) is 13.0 Å². The Balaban J connectivity index is 2.44. The number of carbonyl (C=O) groups is 2. The number of aromatic nitrogens is 2. The van der Waals surface area contributed by atoms with Gasteiger partial charge in [-0.15, -0.1) is 0 Å². The van der Waals surface area contributed by atoms with Crippen molar-refractivity contribution in [3.63, 3.8) is 0 Å². The molecule has 0 radical (unpaired) electrons. The standard InChI is InChI=1S/C11H16N4O5S/c1-21-5-3-8(11(17)18)13-10(16)2-4-14-6-9(12-7-14)15(19)20/h6-8H,2-5H2,1H3,(H,13,16)(H,17,18). The summed E-state index contributed by atoms with van der Waals surface area (Å²) in [6.07, 6.45) is 4.70. The summed E-state index contributed by atoms with van der Waals surface area (Å²) >= 11 is 1.50. The minimum Gasteiger partial charge on any atom is -0.480 e. The van der Waals surface area contributed by atoms with Gasteiger partial charge in [0.15, 0.2) is 0 Å². The van der Waals surface area contributed by atoms with E-state index in [4.69, 9.17) is 5.11 Å². The lowest BCUT2D eigenvalue weighted by molar-refractivity contribution is -0.389. The summed E-state index contributed by atoms with van der Waals surface area (Å²) in [5.74, 6) is -1.15. The fourth-order valence-corrected chi connectivity index (χ4v) is 2.03. The zero-order chi connectivity index (χ0) is 15.8. The van der Waals surface area contributed by atoms with E-state index >= 15 is 0 Å². The van der Waals surface area contributed by atoms with Gasteiger partial charge in [0.2, 0.25) is 12.2 Å². The molecule has 1 unspecified atom stereocenters. The van der Waals surface area contributed by atoms with Gasteiger partial charge in [0.1, 0.15) is 12.2 Å². The maximum atomic E-state index is 11.7. The van der Waals surface area contributed by atoms with Crippen LogP contribution in [0.15, 0.2) is 12.5 Å².